The Labute approximate surface area is 152 Å². The van der Waals surface area contributed by atoms with Gasteiger partial charge in [-0.15, -0.1) is 0 Å². The highest BCUT2D eigenvalue weighted by atomic mass is 16.3. The van der Waals surface area contributed by atoms with Crippen LogP contribution < -0.4 is 0 Å². The van der Waals surface area contributed by atoms with Gasteiger partial charge in [0, 0.05) is 18.6 Å². The molecule has 2 unspecified atom stereocenters. The SMILES string of the molecule is CC1CCc2c(cc(C(O)CN(C(C)C)C(C)C)c3ccccc23)C1. The molecule has 25 heavy (non-hydrogen) atoms. The van der Waals surface area contributed by atoms with Gasteiger partial charge in [0.25, 0.3) is 0 Å². The van der Waals surface area contributed by atoms with Crippen molar-refractivity contribution in [1.29, 1.82) is 0 Å². The Morgan fingerprint density at radius 2 is 1.72 bits per heavy atom. The van der Waals surface area contributed by atoms with Crippen LogP contribution in [0.5, 0.6) is 0 Å². The van der Waals surface area contributed by atoms with Crippen LogP contribution in [-0.4, -0.2) is 28.6 Å². The second kappa shape index (κ2) is 7.47. The lowest BCUT2D eigenvalue weighted by Gasteiger charge is -2.33. The minimum absolute atomic E-state index is 0.429. The number of aryl methyl sites for hydroxylation is 1. The molecule has 2 nitrogen and oxygen atoms in total. The van der Waals surface area contributed by atoms with E-state index < -0.39 is 6.10 Å². The van der Waals surface area contributed by atoms with Crippen LogP contribution in [0.25, 0.3) is 10.8 Å². The monoisotopic (exact) mass is 339 g/mol. The van der Waals surface area contributed by atoms with Gasteiger partial charge in [-0.05, 0) is 80.3 Å². The third kappa shape index (κ3) is 3.75. The molecule has 136 valence electrons. The first kappa shape index (κ1) is 18.4. The first-order valence-electron chi connectivity index (χ1n) is 9.85. The van der Waals surface area contributed by atoms with Crippen molar-refractivity contribution in [2.45, 2.75) is 72.1 Å². The molecule has 2 atom stereocenters. The van der Waals surface area contributed by atoms with Crippen molar-refractivity contribution >= 4 is 10.8 Å². The van der Waals surface area contributed by atoms with Crippen LogP contribution in [0.2, 0.25) is 0 Å². The second-order valence-corrected chi connectivity index (χ2v) is 8.40. The molecule has 0 saturated heterocycles. The molecule has 1 N–H and O–H groups in total. The van der Waals surface area contributed by atoms with Gasteiger partial charge in [0.05, 0.1) is 6.10 Å². The number of aliphatic hydroxyl groups excluding tert-OH is 1. The largest absolute Gasteiger partial charge is 0.387 e. The average molecular weight is 340 g/mol. The number of hydrogen-bond donors (Lipinski definition) is 1. The summed E-state index contributed by atoms with van der Waals surface area (Å²) in [7, 11) is 0. The van der Waals surface area contributed by atoms with E-state index in [4.69, 9.17) is 0 Å². The van der Waals surface area contributed by atoms with E-state index in [1.165, 1.54) is 28.3 Å². The molecule has 0 spiro atoms. The van der Waals surface area contributed by atoms with Crippen LogP contribution >= 0.6 is 0 Å². The van der Waals surface area contributed by atoms with Crippen molar-refractivity contribution in [2.24, 2.45) is 5.92 Å². The number of fused-ring (bicyclic) bond motifs is 3. The summed E-state index contributed by atoms with van der Waals surface area (Å²) in [5.41, 5.74) is 4.07. The Morgan fingerprint density at radius 3 is 2.36 bits per heavy atom. The quantitative estimate of drug-likeness (QED) is 0.817. The van der Waals surface area contributed by atoms with Gasteiger partial charge in [0.2, 0.25) is 0 Å². The van der Waals surface area contributed by atoms with Crippen molar-refractivity contribution in [3.63, 3.8) is 0 Å². The maximum Gasteiger partial charge on any atom is 0.0923 e. The number of nitrogens with zero attached hydrogens (tertiary/aromatic N) is 1. The third-order valence-electron chi connectivity index (χ3n) is 5.81. The van der Waals surface area contributed by atoms with Crippen molar-refractivity contribution < 1.29 is 5.11 Å². The topological polar surface area (TPSA) is 23.5 Å². The standard InChI is InChI=1S/C23H33NO/c1-15(2)24(16(3)4)14-23(25)22-13-18-12-17(5)10-11-19(18)20-8-6-7-9-21(20)22/h6-9,13,15-17,23,25H,10-12,14H2,1-5H3. The van der Waals surface area contributed by atoms with E-state index >= 15 is 0 Å². The van der Waals surface area contributed by atoms with Gasteiger partial charge in [-0.25, -0.2) is 0 Å². The zero-order valence-corrected chi connectivity index (χ0v) is 16.4. The van der Waals surface area contributed by atoms with Crippen LogP contribution in [0.4, 0.5) is 0 Å². The molecule has 0 aromatic heterocycles. The Hall–Kier alpha value is -1.38. The summed E-state index contributed by atoms with van der Waals surface area (Å²) in [6.45, 7) is 11.9. The van der Waals surface area contributed by atoms with Gasteiger partial charge in [-0.2, -0.15) is 0 Å². The van der Waals surface area contributed by atoms with Crippen molar-refractivity contribution in [3.8, 4) is 0 Å². The maximum atomic E-state index is 11.1. The highest BCUT2D eigenvalue weighted by Crippen LogP contribution is 2.36. The molecule has 1 aliphatic carbocycles. The highest BCUT2D eigenvalue weighted by Gasteiger charge is 2.24. The Bertz CT molecular complexity index is 726. The summed E-state index contributed by atoms with van der Waals surface area (Å²) in [6, 6.07) is 11.8. The van der Waals surface area contributed by atoms with Gasteiger partial charge in [0.15, 0.2) is 0 Å². The normalized spacial score (nSPS) is 19.0. The molecule has 0 radical (unpaired) electrons. The fourth-order valence-corrected chi connectivity index (χ4v) is 4.46. The van der Waals surface area contributed by atoms with E-state index in [-0.39, 0.29) is 0 Å². The van der Waals surface area contributed by atoms with Crippen LogP contribution in [0.1, 0.15) is 63.8 Å². The Kier molecular flexibility index (Phi) is 5.50. The zero-order chi connectivity index (χ0) is 18.1. The molecule has 2 heteroatoms. The predicted octanol–water partition coefficient (Wildman–Crippen LogP) is 5.12. The van der Waals surface area contributed by atoms with Crippen molar-refractivity contribution in [2.75, 3.05) is 6.54 Å². The van der Waals surface area contributed by atoms with Gasteiger partial charge >= 0.3 is 0 Å². The highest BCUT2D eigenvalue weighted by molar-refractivity contribution is 5.90. The van der Waals surface area contributed by atoms with Gasteiger partial charge in [-0.1, -0.05) is 37.3 Å². The Morgan fingerprint density at radius 1 is 1.08 bits per heavy atom. The van der Waals surface area contributed by atoms with Crippen molar-refractivity contribution in [1.82, 2.24) is 4.90 Å². The molecular weight excluding hydrogens is 306 g/mol. The molecule has 2 aromatic carbocycles. The summed E-state index contributed by atoms with van der Waals surface area (Å²) < 4.78 is 0. The smallest absolute Gasteiger partial charge is 0.0923 e. The van der Waals surface area contributed by atoms with Crippen LogP contribution in [-0.2, 0) is 12.8 Å². The van der Waals surface area contributed by atoms with E-state index in [0.29, 0.717) is 18.6 Å². The maximum absolute atomic E-state index is 11.1. The summed E-state index contributed by atoms with van der Waals surface area (Å²) in [4.78, 5) is 2.38. The first-order valence-corrected chi connectivity index (χ1v) is 9.85. The third-order valence-corrected chi connectivity index (χ3v) is 5.81. The molecule has 0 saturated carbocycles. The second-order valence-electron chi connectivity index (χ2n) is 8.40. The fourth-order valence-electron chi connectivity index (χ4n) is 4.46. The predicted molar refractivity (Wildman–Crippen MR) is 107 cm³/mol. The lowest BCUT2D eigenvalue weighted by atomic mass is 9.80. The lowest BCUT2D eigenvalue weighted by molar-refractivity contribution is 0.0763. The molecule has 3 rings (SSSR count). The zero-order valence-electron chi connectivity index (χ0n) is 16.4. The summed E-state index contributed by atoms with van der Waals surface area (Å²) in [5, 5.41) is 13.7. The first-order chi connectivity index (χ1) is 11.9. The van der Waals surface area contributed by atoms with E-state index in [1.807, 2.05) is 0 Å². The van der Waals surface area contributed by atoms with E-state index in [2.05, 4.69) is 69.9 Å². The van der Waals surface area contributed by atoms with E-state index in [0.717, 1.165) is 24.3 Å². The van der Waals surface area contributed by atoms with Crippen LogP contribution in [0.3, 0.4) is 0 Å². The van der Waals surface area contributed by atoms with Gasteiger partial charge in [0.1, 0.15) is 0 Å². The summed E-state index contributed by atoms with van der Waals surface area (Å²) in [6.07, 6.45) is 3.13. The van der Waals surface area contributed by atoms with Crippen molar-refractivity contribution in [3.05, 3.63) is 47.0 Å². The van der Waals surface area contributed by atoms with E-state index in [1.54, 1.807) is 0 Å². The van der Waals surface area contributed by atoms with Gasteiger partial charge in [-0.3, -0.25) is 4.90 Å². The minimum Gasteiger partial charge on any atom is -0.387 e. The molecule has 1 aliphatic rings. The summed E-state index contributed by atoms with van der Waals surface area (Å²) >= 11 is 0. The molecular formula is C23H33NO. The lowest BCUT2D eigenvalue weighted by Crippen LogP contribution is -2.40. The fraction of sp³-hybridized carbons (Fsp3) is 0.565. The molecule has 0 bridgehead atoms. The number of benzene rings is 2. The van der Waals surface area contributed by atoms with Crippen LogP contribution in [0.15, 0.2) is 30.3 Å². The summed E-state index contributed by atoms with van der Waals surface area (Å²) in [5.74, 6) is 0.737. The molecule has 2 aromatic rings. The minimum atomic E-state index is -0.447. The van der Waals surface area contributed by atoms with Crippen LogP contribution in [0, 0.1) is 5.92 Å². The molecule has 0 amide bonds. The van der Waals surface area contributed by atoms with E-state index in [9.17, 15) is 5.11 Å². The average Bonchev–Trinajstić information content (AvgIpc) is 2.57. The molecule has 0 heterocycles. The molecule has 0 aliphatic heterocycles. The molecule has 0 fully saturated rings. The Balaban J connectivity index is 2.03. The van der Waals surface area contributed by atoms with Gasteiger partial charge < -0.3 is 5.11 Å². The number of aliphatic hydroxyl groups is 1. The number of rotatable bonds is 5. The number of hydrogen-bond acceptors (Lipinski definition) is 2.